The molecule has 0 radical (unpaired) electrons. The van der Waals surface area contributed by atoms with Crippen LogP contribution in [-0.2, 0) is 79.8 Å². The van der Waals surface area contributed by atoms with Crippen molar-refractivity contribution in [3.05, 3.63) is 101 Å². The van der Waals surface area contributed by atoms with Crippen molar-refractivity contribution in [1.29, 1.82) is 0 Å². The number of esters is 3. The largest absolute Gasteiger partial charge is 0.494 e. The third-order valence-corrected chi connectivity index (χ3v) is 15.6. The number of rotatable bonds is 21. The molecular formula is C72H106N4O14. The molecule has 90 heavy (non-hydrogen) atoms. The highest BCUT2D eigenvalue weighted by atomic mass is 16.6. The fourth-order valence-electron chi connectivity index (χ4n) is 11.8. The zero-order chi connectivity index (χ0) is 66.7. The highest BCUT2D eigenvalue weighted by Crippen LogP contribution is 2.35. The molecule has 0 aliphatic carbocycles. The van der Waals surface area contributed by atoms with Gasteiger partial charge in [0.15, 0.2) is 0 Å². The van der Waals surface area contributed by atoms with Crippen LogP contribution in [0.2, 0.25) is 0 Å². The summed E-state index contributed by atoms with van der Waals surface area (Å²) in [7, 11) is 0. The summed E-state index contributed by atoms with van der Waals surface area (Å²) in [5, 5.41) is 0. The minimum absolute atomic E-state index is 0.0648. The van der Waals surface area contributed by atoms with Gasteiger partial charge in [0.1, 0.15) is 39.4 Å². The molecule has 498 valence electrons. The quantitative estimate of drug-likeness (QED) is 0.0554. The molecule has 3 aromatic carbocycles. The fourth-order valence-corrected chi connectivity index (χ4v) is 11.8. The lowest BCUT2D eigenvalue weighted by Crippen LogP contribution is -2.38. The van der Waals surface area contributed by atoms with Crippen LogP contribution < -0.4 is 4.74 Å². The van der Waals surface area contributed by atoms with E-state index in [0.717, 1.165) is 27.8 Å². The molecule has 3 fully saturated rings. The Hall–Kier alpha value is -6.85. The van der Waals surface area contributed by atoms with Crippen molar-refractivity contribution < 1.29 is 66.7 Å². The summed E-state index contributed by atoms with van der Waals surface area (Å²) in [4.78, 5) is 103. The first-order chi connectivity index (χ1) is 41.6. The van der Waals surface area contributed by atoms with Gasteiger partial charge in [-0.15, -0.1) is 0 Å². The van der Waals surface area contributed by atoms with Crippen molar-refractivity contribution in [2.24, 2.45) is 35.5 Å². The molecule has 0 N–H and O–H groups in total. The maximum absolute atomic E-state index is 14.9. The maximum Gasteiger partial charge on any atom is 0.410 e. The van der Waals surface area contributed by atoms with Gasteiger partial charge < -0.3 is 52.8 Å². The van der Waals surface area contributed by atoms with Crippen LogP contribution in [0.1, 0.15) is 178 Å². The average molecular weight is 1250 g/mol. The molecule has 3 heterocycles. The van der Waals surface area contributed by atoms with E-state index >= 15 is 0 Å². The Morgan fingerprint density at radius 2 is 0.756 bits per heavy atom. The number of carbonyl (C=O) groups excluding carboxylic acids is 7. The van der Waals surface area contributed by atoms with Crippen LogP contribution in [0, 0.1) is 35.5 Å². The highest BCUT2D eigenvalue weighted by molar-refractivity contribution is 5.79. The minimum atomic E-state index is -0.733. The van der Waals surface area contributed by atoms with Gasteiger partial charge in [-0.1, -0.05) is 60.7 Å². The second-order valence-electron chi connectivity index (χ2n) is 30.9. The van der Waals surface area contributed by atoms with Crippen LogP contribution in [0.3, 0.4) is 0 Å². The van der Waals surface area contributed by atoms with Crippen LogP contribution in [0.4, 0.5) is 14.4 Å². The first-order valence-electron chi connectivity index (χ1n) is 32.4. The van der Waals surface area contributed by atoms with Crippen molar-refractivity contribution in [1.82, 2.24) is 19.6 Å². The molecular weight excluding hydrogens is 1140 g/mol. The van der Waals surface area contributed by atoms with Crippen molar-refractivity contribution in [2.75, 3.05) is 52.4 Å². The molecule has 3 aliphatic heterocycles. The van der Waals surface area contributed by atoms with Crippen LogP contribution in [0.5, 0.6) is 5.75 Å². The van der Waals surface area contributed by atoms with Crippen molar-refractivity contribution in [3.63, 3.8) is 0 Å². The van der Waals surface area contributed by atoms with Gasteiger partial charge in [0.25, 0.3) is 0 Å². The topological polar surface area (TPSA) is 197 Å². The minimum Gasteiger partial charge on any atom is -0.494 e. The number of benzene rings is 3. The fraction of sp³-hybridized carbons (Fsp3) is 0.653. The first-order valence-corrected chi connectivity index (χ1v) is 32.4. The van der Waals surface area contributed by atoms with Crippen LogP contribution in [0.25, 0.3) is 0 Å². The summed E-state index contributed by atoms with van der Waals surface area (Å²) in [6, 6.07) is 23.4. The Kier molecular flexibility index (Phi) is 24.1. The molecule has 0 bridgehead atoms. The van der Waals surface area contributed by atoms with Gasteiger partial charge in [-0.05, 0) is 227 Å². The van der Waals surface area contributed by atoms with Gasteiger partial charge in [0.2, 0.25) is 5.91 Å². The number of carbonyl (C=O) groups is 7. The zero-order valence-electron chi connectivity index (χ0n) is 57.4. The molecule has 3 aliphatic rings. The molecule has 0 spiro atoms. The molecule has 6 atom stereocenters. The molecule has 0 aromatic heterocycles. The number of amides is 4. The van der Waals surface area contributed by atoms with Crippen molar-refractivity contribution in [3.8, 4) is 5.75 Å². The van der Waals surface area contributed by atoms with E-state index in [0.29, 0.717) is 96.5 Å². The SMILES string of the molecule is CC(C)(C)OC(=O)[C@@H](Cc1cccc(CC(=O)N(CCCOc2cccc(C[C@H](C(=O)OC(C)(C)C)[C@H]3CCN(C(=O)OC(C)(C)C)C3)c2)Cc2cccc(C[C@H](C(=O)OC(C)(C)C)[C@H]3CCN(C(=O)OC(C)(C)C)C3)c2)c1)[C@H]1CCN(C(=O)OC(C)(C)C)C1. The lowest BCUT2D eigenvalue weighted by atomic mass is 9.85. The van der Waals surface area contributed by atoms with Gasteiger partial charge in [-0.25, -0.2) is 14.4 Å². The van der Waals surface area contributed by atoms with E-state index in [-0.39, 0.29) is 61.1 Å². The second kappa shape index (κ2) is 30.1. The summed E-state index contributed by atoms with van der Waals surface area (Å²) in [6.07, 6.45) is 2.22. The van der Waals surface area contributed by atoms with Crippen molar-refractivity contribution in [2.45, 2.75) is 216 Å². The third-order valence-electron chi connectivity index (χ3n) is 15.6. The van der Waals surface area contributed by atoms with E-state index in [1.807, 2.05) is 202 Å². The summed E-state index contributed by atoms with van der Waals surface area (Å²) < 4.78 is 41.5. The van der Waals surface area contributed by atoms with Crippen LogP contribution in [-0.4, -0.2) is 148 Å². The Bertz CT molecular complexity index is 2950. The molecule has 0 saturated carbocycles. The standard InChI is InChI=1S/C72H106N4O14/c1-67(2,3)85-61(78)57(53-29-33-74(45-53)64(81)88-70(10,11)12)40-48-23-19-25-50(37-48)43-60(77)73(44-52-27-20-24-49(38-52)41-58(62(79)86-68(4,5)6)54-30-34-75(46-54)65(82)89-71(13,14)15)32-22-36-84-56-28-21-26-51(39-56)42-59(63(80)87-69(7,8)9)55-31-35-76(47-55)66(83)90-72(16,17)18/h19-21,23-28,37-39,53-55,57-59H,22,29-36,40-47H2,1-18H3/t53-,54-,55-,57-,58-,59-/m0/s1. The van der Waals surface area contributed by atoms with Gasteiger partial charge in [-0.3, -0.25) is 19.2 Å². The number of hydrogen-bond donors (Lipinski definition) is 0. The molecule has 6 rings (SSSR count). The molecule has 18 heteroatoms. The molecule has 18 nitrogen and oxygen atoms in total. The molecule has 4 amide bonds. The van der Waals surface area contributed by atoms with E-state index in [2.05, 4.69) is 0 Å². The molecule has 3 saturated heterocycles. The van der Waals surface area contributed by atoms with E-state index in [1.54, 1.807) is 14.7 Å². The lowest BCUT2D eigenvalue weighted by molar-refractivity contribution is -0.163. The van der Waals surface area contributed by atoms with Gasteiger partial charge in [0, 0.05) is 52.4 Å². The number of nitrogens with zero attached hydrogens (tertiary/aromatic N) is 4. The number of ether oxygens (including phenoxy) is 7. The first kappa shape index (κ1) is 72.2. The van der Waals surface area contributed by atoms with Gasteiger partial charge in [-0.2, -0.15) is 0 Å². The number of likely N-dealkylation sites (tertiary alicyclic amines) is 3. The van der Waals surface area contributed by atoms with Crippen molar-refractivity contribution >= 4 is 42.1 Å². The second-order valence-corrected chi connectivity index (χ2v) is 30.9. The maximum atomic E-state index is 14.9. The summed E-state index contributed by atoms with van der Waals surface area (Å²) in [5.74, 6) is -2.66. The van der Waals surface area contributed by atoms with E-state index in [4.69, 9.17) is 33.2 Å². The van der Waals surface area contributed by atoms with E-state index in [9.17, 15) is 33.6 Å². The lowest BCUT2D eigenvalue weighted by Gasteiger charge is -2.28. The summed E-state index contributed by atoms with van der Waals surface area (Å²) >= 11 is 0. The van der Waals surface area contributed by atoms with Crippen LogP contribution in [0.15, 0.2) is 72.8 Å². The van der Waals surface area contributed by atoms with E-state index < -0.39 is 69.6 Å². The summed E-state index contributed by atoms with van der Waals surface area (Å²) in [6.45, 7) is 36.4. The normalized spacial score (nSPS) is 18.5. The highest BCUT2D eigenvalue weighted by Gasteiger charge is 2.43. The monoisotopic (exact) mass is 1250 g/mol. The van der Waals surface area contributed by atoms with E-state index in [1.165, 1.54) is 0 Å². The smallest absolute Gasteiger partial charge is 0.410 e. The van der Waals surface area contributed by atoms with Gasteiger partial charge >= 0.3 is 36.2 Å². The summed E-state index contributed by atoms with van der Waals surface area (Å²) in [5.41, 5.74) is 0.100. The Morgan fingerprint density at radius 1 is 0.433 bits per heavy atom. The molecule has 3 aromatic rings. The van der Waals surface area contributed by atoms with Crippen LogP contribution >= 0.6 is 0 Å². The average Bonchev–Trinajstić information content (AvgIpc) is 1.74. The Morgan fingerprint density at radius 3 is 1.12 bits per heavy atom. The Labute approximate surface area is 536 Å². The third kappa shape index (κ3) is 24.1. The van der Waals surface area contributed by atoms with Gasteiger partial charge in [0.05, 0.1) is 30.8 Å². The number of hydrogen-bond acceptors (Lipinski definition) is 14. The molecule has 0 unspecified atom stereocenters. The zero-order valence-corrected chi connectivity index (χ0v) is 57.4. The predicted molar refractivity (Wildman–Crippen MR) is 345 cm³/mol. The predicted octanol–water partition coefficient (Wildman–Crippen LogP) is 13.0. The Balaban J connectivity index is 1.23.